The first kappa shape index (κ1) is 8.44. The molecule has 1 heterocycles. The molecule has 13 heavy (non-hydrogen) atoms. The van der Waals surface area contributed by atoms with Crippen molar-refractivity contribution < 1.29 is 13.2 Å². The zero-order valence-corrected chi connectivity index (χ0v) is 7.89. The summed E-state index contributed by atoms with van der Waals surface area (Å²) in [7, 11) is -3.32. The SMILES string of the molecule is Cc1ccc2c(c1)C(=O)CS2(=O)=O. The molecule has 1 aliphatic heterocycles. The molecule has 0 bridgehead atoms. The van der Waals surface area contributed by atoms with Gasteiger partial charge in [-0.05, 0) is 19.1 Å². The normalized spacial score (nSPS) is 18.7. The second-order valence-electron chi connectivity index (χ2n) is 3.18. The summed E-state index contributed by atoms with van der Waals surface area (Å²) >= 11 is 0. The molecule has 4 heteroatoms. The molecular weight excluding hydrogens is 188 g/mol. The Labute approximate surface area is 76.3 Å². The van der Waals surface area contributed by atoms with Crippen LogP contribution < -0.4 is 0 Å². The minimum Gasteiger partial charge on any atom is -0.293 e. The van der Waals surface area contributed by atoms with Crippen LogP contribution in [0.4, 0.5) is 0 Å². The number of hydrogen-bond acceptors (Lipinski definition) is 3. The van der Waals surface area contributed by atoms with Crippen LogP contribution in [-0.4, -0.2) is 20.0 Å². The number of Topliss-reactive ketones (excluding diaryl/α,β-unsaturated/α-hetero) is 1. The van der Waals surface area contributed by atoms with E-state index in [1.807, 2.05) is 6.92 Å². The number of carbonyl (C=O) groups excluding carboxylic acids is 1. The van der Waals surface area contributed by atoms with E-state index in [0.717, 1.165) is 5.56 Å². The second-order valence-corrected chi connectivity index (χ2v) is 5.14. The molecule has 0 unspecified atom stereocenters. The Hall–Kier alpha value is -1.16. The minimum absolute atomic E-state index is 0.183. The summed E-state index contributed by atoms with van der Waals surface area (Å²) in [6.45, 7) is 1.83. The Morgan fingerprint density at radius 2 is 2.00 bits per heavy atom. The Morgan fingerprint density at radius 3 is 2.69 bits per heavy atom. The molecule has 0 fully saturated rings. The van der Waals surface area contributed by atoms with Gasteiger partial charge < -0.3 is 0 Å². The van der Waals surface area contributed by atoms with Gasteiger partial charge in [-0.15, -0.1) is 0 Å². The van der Waals surface area contributed by atoms with Crippen molar-refractivity contribution in [1.82, 2.24) is 0 Å². The van der Waals surface area contributed by atoms with Crippen molar-refractivity contribution in [3.05, 3.63) is 29.3 Å². The summed E-state index contributed by atoms with van der Waals surface area (Å²) < 4.78 is 22.7. The molecule has 0 saturated carbocycles. The Morgan fingerprint density at radius 1 is 1.31 bits per heavy atom. The highest BCUT2D eigenvalue weighted by Crippen LogP contribution is 2.26. The fourth-order valence-corrected chi connectivity index (χ4v) is 2.90. The van der Waals surface area contributed by atoms with Gasteiger partial charge in [-0.2, -0.15) is 0 Å². The van der Waals surface area contributed by atoms with Crippen molar-refractivity contribution in [2.24, 2.45) is 0 Å². The van der Waals surface area contributed by atoms with Crippen molar-refractivity contribution >= 4 is 15.6 Å². The third kappa shape index (κ3) is 1.18. The number of benzene rings is 1. The summed E-state index contributed by atoms with van der Waals surface area (Å²) in [5.74, 6) is -0.662. The van der Waals surface area contributed by atoms with Crippen LogP contribution in [0.2, 0.25) is 0 Å². The van der Waals surface area contributed by atoms with Crippen molar-refractivity contribution in [3.63, 3.8) is 0 Å². The largest absolute Gasteiger partial charge is 0.293 e. The first-order valence-electron chi connectivity index (χ1n) is 3.87. The molecule has 0 radical (unpaired) electrons. The van der Waals surface area contributed by atoms with Gasteiger partial charge in [0.05, 0.1) is 4.90 Å². The lowest BCUT2D eigenvalue weighted by Crippen LogP contribution is -2.03. The van der Waals surface area contributed by atoms with Gasteiger partial charge in [0.1, 0.15) is 5.75 Å². The minimum atomic E-state index is -3.32. The van der Waals surface area contributed by atoms with Crippen LogP contribution in [0.1, 0.15) is 15.9 Å². The average molecular weight is 196 g/mol. The summed E-state index contributed by atoms with van der Waals surface area (Å²) in [5, 5.41) is 0. The number of fused-ring (bicyclic) bond motifs is 1. The van der Waals surface area contributed by atoms with Gasteiger partial charge in [0.25, 0.3) is 0 Å². The fraction of sp³-hybridized carbons (Fsp3) is 0.222. The Balaban J connectivity index is 2.80. The zero-order valence-electron chi connectivity index (χ0n) is 7.07. The summed E-state index contributed by atoms with van der Waals surface area (Å²) in [4.78, 5) is 11.4. The van der Waals surface area contributed by atoms with E-state index < -0.39 is 9.84 Å². The highest BCUT2D eigenvalue weighted by molar-refractivity contribution is 7.92. The number of carbonyl (C=O) groups is 1. The first-order chi connectivity index (χ1) is 6.00. The van der Waals surface area contributed by atoms with Gasteiger partial charge >= 0.3 is 0 Å². The molecule has 1 aromatic rings. The van der Waals surface area contributed by atoms with Gasteiger partial charge in [0.2, 0.25) is 0 Å². The molecule has 0 spiro atoms. The van der Waals surface area contributed by atoms with Gasteiger partial charge in [0.15, 0.2) is 15.6 Å². The topological polar surface area (TPSA) is 51.2 Å². The second kappa shape index (κ2) is 2.42. The van der Waals surface area contributed by atoms with Crippen LogP contribution in [0.15, 0.2) is 23.1 Å². The number of rotatable bonds is 0. The van der Waals surface area contributed by atoms with Crippen molar-refractivity contribution in [1.29, 1.82) is 0 Å². The van der Waals surface area contributed by atoms with Crippen molar-refractivity contribution in [3.8, 4) is 0 Å². The first-order valence-corrected chi connectivity index (χ1v) is 5.52. The van der Waals surface area contributed by atoms with Gasteiger partial charge in [-0.3, -0.25) is 4.79 Å². The Bertz CT molecular complexity index is 486. The molecule has 2 rings (SSSR count). The van der Waals surface area contributed by atoms with Crippen LogP contribution in [0, 0.1) is 6.92 Å². The lowest BCUT2D eigenvalue weighted by atomic mass is 10.1. The van der Waals surface area contributed by atoms with Gasteiger partial charge in [-0.1, -0.05) is 11.6 Å². The van der Waals surface area contributed by atoms with E-state index in [1.165, 1.54) is 6.07 Å². The van der Waals surface area contributed by atoms with Crippen LogP contribution in [0.25, 0.3) is 0 Å². The van der Waals surface area contributed by atoms with Crippen molar-refractivity contribution in [2.75, 3.05) is 5.75 Å². The molecule has 1 aliphatic rings. The number of aryl methyl sites for hydroxylation is 1. The molecule has 0 aliphatic carbocycles. The van der Waals surface area contributed by atoms with Crippen LogP contribution in [-0.2, 0) is 9.84 Å². The Kier molecular flexibility index (Phi) is 1.57. The van der Waals surface area contributed by atoms with Crippen LogP contribution in [0.5, 0.6) is 0 Å². The molecule has 68 valence electrons. The third-order valence-electron chi connectivity index (χ3n) is 2.09. The monoisotopic (exact) mass is 196 g/mol. The molecule has 0 saturated heterocycles. The maximum absolute atomic E-state index is 11.4. The van der Waals surface area contributed by atoms with Crippen LogP contribution >= 0.6 is 0 Å². The maximum Gasteiger partial charge on any atom is 0.186 e. The fourth-order valence-electron chi connectivity index (χ4n) is 1.46. The lowest BCUT2D eigenvalue weighted by molar-refractivity contribution is 0.102. The molecule has 1 aromatic carbocycles. The smallest absolute Gasteiger partial charge is 0.186 e. The van der Waals surface area contributed by atoms with E-state index in [1.54, 1.807) is 12.1 Å². The molecular formula is C9H8O3S. The average Bonchev–Trinajstić information content (AvgIpc) is 2.22. The molecule has 0 aromatic heterocycles. The summed E-state index contributed by atoms with van der Waals surface area (Å²) in [6, 6.07) is 4.84. The van der Waals surface area contributed by atoms with Gasteiger partial charge in [0, 0.05) is 5.56 Å². The van der Waals surface area contributed by atoms with Crippen LogP contribution in [0.3, 0.4) is 0 Å². The predicted octanol–water partition coefficient (Wildman–Crippen LogP) is 0.965. The third-order valence-corrected chi connectivity index (χ3v) is 3.76. The van der Waals surface area contributed by atoms with E-state index in [0.29, 0.717) is 5.56 Å². The maximum atomic E-state index is 11.4. The molecule has 0 amide bonds. The number of hydrogen-bond donors (Lipinski definition) is 0. The highest BCUT2D eigenvalue weighted by atomic mass is 32.2. The van der Waals surface area contributed by atoms with E-state index in [4.69, 9.17) is 0 Å². The van der Waals surface area contributed by atoms with Gasteiger partial charge in [-0.25, -0.2) is 8.42 Å². The van der Waals surface area contributed by atoms with E-state index in [2.05, 4.69) is 0 Å². The quantitative estimate of drug-likeness (QED) is 0.621. The van der Waals surface area contributed by atoms with E-state index in [-0.39, 0.29) is 16.4 Å². The van der Waals surface area contributed by atoms with E-state index >= 15 is 0 Å². The molecule has 0 N–H and O–H groups in total. The lowest BCUT2D eigenvalue weighted by Gasteiger charge is -1.96. The summed E-state index contributed by atoms with van der Waals surface area (Å²) in [5.41, 5.74) is 1.25. The van der Waals surface area contributed by atoms with Crippen molar-refractivity contribution in [2.45, 2.75) is 11.8 Å². The number of ketones is 1. The van der Waals surface area contributed by atoms with E-state index in [9.17, 15) is 13.2 Å². The molecule has 0 atom stereocenters. The highest BCUT2D eigenvalue weighted by Gasteiger charge is 2.32. The summed E-state index contributed by atoms with van der Waals surface area (Å²) in [6.07, 6.45) is 0. The predicted molar refractivity (Wildman–Crippen MR) is 47.6 cm³/mol. The molecule has 3 nitrogen and oxygen atoms in total. The zero-order chi connectivity index (χ0) is 9.64. The standard InChI is InChI=1S/C9H8O3S/c1-6-2-3-9-7(4-6)8(10)5-13(9,11)12/h2-4H,5H2,1H3. The number of sulfone groups is 1.